The van der Waals surface area contributed by atoms with Crippen LogP contribution in [0.5, 0.6) is 0 Å². The van der Waals surface area contributed by atoms with Gasteiger partial charge in [-0.05, 0) is 50.0 Å². The van der Waals surface area contributed by atoms with E-state index in [0.717, 1.165) is 37.9 Å². The molecule has 0 unspecified atom stereocenters. The molecule has 2 bridgehead atoms. The van der Waals surface area contributed by atoms with Gasteiger partial charge in [0.15, 0.2) is 0 Å². The average molecular weight is 363 g/mol. The van der Waals surface area contributed by atoms with Crippen molar-refractivity contribution in [1.82, 2.24) is 9.80 Å². The van der Waals surface area contributed by atoms with Gasteiger partial charge >= 0.3 is 0 Å². The predicted octanol–water partition coefficient (Wildman–Crippen LogP) is 2.49. The molecule has 2 aromatic rings. The number of carbonyl (C=O) groups is 3. The van der Waals surface area contributed by atoms with Crippen LogP contribution >= 0.6 is 0 Å². The molecule has 4 aliphatic rings. The van der Waals surface area contributed by atoms with E-state index in [1.165, 1.54) is 11.8 Å². The zero-order chi connectivity index (χ0) is 18.7. The molecule has 138 valence electrons. The first-order chi connectivity index (χ1) is 13.0. The fourth-order valence-electron chi connectivity index (χ4n) is 4.94. The quantitative estimate of drug-likeness (QED) is 0.833. The molecule has 3 amide bonds. The minimum Gasteiger partial charge on any atom is -0.326 e. The second-order valence-electron chi connectivity index (χ2n) is 7.76. The summed E-state index contributed by atoms with van der Waals surface area (Å²) >= 11 is 0. The SMILES string of the molecule is CC(=O)Nc1ccc2c3c(cccc13)C(=O)N([C@@H]1CN3CCC1CC3)C2=O. The Kier molecular flexibility index (Phi) is 3.59. The van der Waals surface area contributed by atoms with Gasteiger partial charge in [-0.1, -0.05) is 12.1 Å². The van der Waals surface area contributed by atoms with E-state index in [2.05, 4.69) is 10.2 Å². The van der Waals surface area contributed by atoms with E-state index < -0.39 is 0 Å². The van der Waals surface area contributed by atoms with Crippen LogP contribution in [-0.4, -0.2) is 53.2 Å². The second kappa shape index (κ2) is 5.89. The van der Waals surface area contributed by atoms with Crippen LogP contribution in [0.15, 0.2) is 30.3 Å². The zero-order valence-corrected chi connectivity index (χ0v) is 15.2. The van der Waals surface area contributed by atoms with Crippen molar-refractivity contribution in [2.45, 2.75) is 25.8 Å². The Hall–Kier alpha value is -2.73. The third-order valence-corrected chi connectivity index (χ3v) is 6.20. The molecule has 4 aliphatic heterocycles. The van der Waals surface area contributed by atoms with Crippen LogP contribution in [0.3, 0.4) is 0 Å². The molecule has 0 aliphatic carbocycles. The Bertz CT molecular complexity index is 969. The molecule has 3 saturated heterocycles. The summed E-state index contributed by atoms with van der Waals surface area (Å²) < 4.78 is 0. The van der Waals surface area contributed by atoms with Gasteiger partial charge in [0.05, 0.1) is 6.04 Å². The van der Waals surface area contributed by atoms with Crippen molar-refractivity contribution < 1.29 is 14.4 Å². The first-order valence-electron chi connectivity index (χ1n) is 9.48. The largest absolute Gasteiger partial charge is 0.326 e. The minimum atomic E-state index is -0.211. The Labute approximate surface area is 157 Å². The molecular weight excluding hydrogens is 342 g/mol. The van der Waals surface area contributed by atoms with Crippen molar-refractivity contribution in [3.8, 4) is 0 Å². The number of hydrogen-bond donors (Lipinski definition) is 1. The molecule has 0 radical (unpaired) electrons. The highest BCUT2D eigenvalue weighted by atomic mass is 16.2. The Morgan fingerprint density at radius 3 is 2.37 bits per heavy atom. The smallest absolute Gasteiger partial charge is 0.261 e. The highest BCUT2D eigenvalue weighted by Crippen LogP contribution is 2.38. The molecule has 1 atom stereocenters. The molecule has 6 nitrogen and oxygen atoms in total. The first-order valence-corrected chi connectivity index (χ1v) is 9.48. The van der Waals surface area contributed by atoms with E-state index in [9.17, 15) is 14.4 Å². The lowest BCUT2D eigenvalue weighted by molar-refractivity contribution is -0.114. The number of piperidine rings is 3. The van der Waals surface area contributed by atoms with Crippen LogP contribution in [0.1, 0.15) is 40.5 Å². The number of hydrogen-bond acceptors (Lipinski definition) is 4. The van der Waals surface area contributed by atoms with Crippen LogP contribution in [0.2, 0.25) is 0 Å². The topological polar surface area (TPSA) is 69.7 Å². The summed E-state index contributed by atoms with van der Waals surface area (Å²) in [5.41, 5.74) is 1.72. The number of benzene rings is 2. The van der Waals surface area contributed by atoms with Gasteiger partial charge in [-0.25, -0.2) is 0 Å². The van der Waals surface area contributed by atoms with Crippen molar-refractivity contribution >= 4 is 34.2 Å². The maximum absolute atomic E-state index is 13.3. The number of imide groups is 1. The summed E-state index contributed by atoms with van der Waals surface area (Å²) in [4.78, 5) is 42.0. The molecule has 0 saturated carbocycles. The lowest BCUT2D eigenvalue weighted by Gasteiger charge is -2.49. The normalized spacial score (nSPS) is 26.6. The summed E-state index contributed by atoms with van der Waals surface area (Å²) in [6, 6.07) is 8.89. The number of anilines is 1. The van der Waals surface area contributed by atoms with Crippen LogP contribution in [-0.2, 0) is 4.79 Å². The van der Waals surface area contributed by atoms with Crippen molar-refractivity contribution in [2.24, 2.45) is 5.92 Å². The minimum absolute atomic E-state index is 0.0501. The Morgan fingerprint density at radius 1 is 1.04 bits per heavy atom. The summed E-state index contributed by atoms with van der Waals surface area (Å²) in [7, 11) is 0. The van der Waals surface area contributed by atoms with Gasteiger partial charge in [-0.15, -0.1) is 0 Å². The van der Waals surface area contributed by atoms with E-state index >= 15 is 0 Å². The third kappa shape index (κ3) is 2.40. The van der Waals surface area contributed by atoms with Crippen LogP contribution in [0, 0.1) is 5.92 Å². The van der Waals surface area contributed by atoms with Gasteiger partial charge < -0.3 is 10.2 Å². The fourth-order valence-corrected chi connectivity index (χ4v) is 4.94. The van der Waals surface area contributed by atoms with E-state index in [1.54, 1.807) is 18.2 Å². The molecule has 6 heteroatoms. The monoisotopic (exact) mass is 363 g/mol. The number of carbonyl (C=O) groups excluding carboxylic acids is 3. The van der Waals surface area contributed by atoms with Crippen molar-refractivity contribution in [1.29, 1.82) is 0 Å². The van der Waals surface area contributed by atoms with Crippen LogP contribution < -0.4 is 5.32 Å². The molecule has 3 fully saturated rings. The van der Waals surface area contributed by atoms with Crippen molar-refractivity contribution in [2.75, 3.05) is 25.0 Å². The number of rotatable bonds is 2. The molecule has 1 N–H and O–H groups in total. The highest BCUT2D eigenvalue weighted by Gasteiger charge is 2.45. The third-order valence-electron chi connectivity index (χ3n) is 6.20. The van der Waals surface area contributed by atoms with Crippen molar-refractivity contribution in [3.05, 3.63) is 41.5 Å². The number of nitrogens with one attached hydrogen (secondary N) is 1. The molecule has 0 spiro atoms. The molecule has 6 rings (SSSR count). The molecule has 27 heavy (non-hydrogen) atoms. The number of nitrogens with zero attached hydrogens (tertiary/aromatic N) is 2. The molecule has 0 aromatic heterocycles. The van der Waals surface area contributed by atoms with Crippen LogP contribution in [0.25, 0.3) is 10.8 Å². The van der Waals surface area contributed by atoms with Crippen molar-refractivity contribution in [3.63, 3.8) is 0 Å². The average Bonchev–Trinajstić information content (AvgIpc) is 2.67. The summed E-state index contributed by atoms with van der Waals surface area (Å²) in [6.45, 7) is 4.34. The first kappa shape index (κ1) is 16.4. The Balaban J connectivity index is 1.63. The van der Waals surface area contributed by atoms with Gasteiger partial charge in [-0.3, -0.25) is 19.3 Å². The zero-order valence-electron chi connectivity index (χ0n) is 15.2. The lowest BCUT2D eigenvalue weighted by atomic mass is 9.81. The van der Waals surface area contributed by atoms with Gasteiger partial charge in [0.25, 0.3) is 11.8 Å². The second-order valence-corrected chi connectivity index (χ2v) is 7.76. The molecular formula is C21H21N3O3. The van der Waals surface area contributed by atoms with Gasteiger partial charge in [-0.2, -0.15) is 0 Å². The summed E-state index contributed by atoms with van der Waals surface area (Å²) in [5.74, 6) is -0.214. The van der Waals surface area contributed by atoms with Gasteiger partial charge in [0.1, 0.15) is 0 Å². The fraction of sp³-hybridized carbons (Fsp3) is 0.381. The van der Waals surface area contributed by atoms with Gasteiger partial charge in [0, 0.05) is 41.1 Å². The van der Waals surface area contributed by atoms with E-state index in [1.807, 2.05) is 12.1 Å². The maximum Gasteiger partial charge on any atom is 0.261 e. The molecule has 4 heterocycles. The standard InChI is InChI=1S/C21H21N3O3/c1-12(25)22-17-6-5-16-19-14(17)3-2-4-15(19)20(26)24(21(16)27)18-11-23-9-7-13(18)8-10-23/h2-6,13,18H,7-11H2,1H3,(H,22,25)/t18-/m1/s1. The highest BCUT2D eigenvalue weighted by molar-refractivity contribution is 6.27. The maximum atomic E-state index is 13.3. The predicted molar refractivity (Wildman–Crippen MR) is 102 cm³/mol. The Morgan fingerprint density at radius 2 is 1.74 bits per heavy atom. The van der Waals surface area contributed by atoms with Crippen LogP contribution in [0.4, 0.5) is 5.69 Å². The van der Waals surface area contributed by atoms with Gasteiger partial charge in [0.2, 0.25) is 5.91 Å². The van der Waals surface area contributed by atoms with E-state index in [-0.39, 0.29) is 23.8 Å². The summed E-state index contributed by atoms with van der Waals surface area (Å²) in [6.07, 6.45) is 2.08. The number of amides is 3. The lowest BCUT2D eigenvalue weighted by Crippen LogP contribution is -2.60. The summed E-state index contributed by atoms with van der Waals surface area (Å²) in [5, 5.41) is 4.18. The number of fused-ring (bicyclic) bond motifs is 3. The van der Waals surface area contributed by atoms with E-state index in [4.69, 9.17) is 0 Å². The van der Waals surface area contributed by atoms with E-state index in [0.29, 0.717) is 28.1 Å². The molecule has 2 aromatic carbocycles.